The van der Waals surface area contributed by atoms with Gasteiger partial charge >= 0.3 is 5.97 Å². The lowest BCUT2D eigenvalue weighted by Crippen LogP contribution is -2.31. The van der Waals surface area contributed by atoms with Crippen molar-refractivity contribution in [3.8, 4) is 0 Å². The molecule has 0 fully saturated rings. The van der Waals surface area contributed by atoms with Crippen LogP contribution < -0.4 is 0 Å². The van der Waals surface area contributed by atoms with Crippen LogP contribution in [0.25, 0.3) is 22.6 Å². The molecule has 32 heavy (non-hydrogen) atoms. The first-order valence-electron chi connectivity index (χ1n) is 10.5. The molecule has 0 bridgehead atoms. The van der Waals surface area contributed by atoms with Gasteiger partial charge in [-0.25, -0.2) is 9.78 Å². The molecule has 0 aliphatic carbocycles. The van der Waals surface area contributed by atoms with E-state index in [2.05, 4.69) is 45.1 Å². The molecule has 1 aliphatic rings. The van der Waals surface area contributed by atoms with E-state index in [0.717, 1.165) is 33.4 Å². The quantitative estimate of drug-likeness (QED) is 0.371. The number of hydrogen-bond donors (Lipinski definition) is 1. The van der Waals surface area contributed by atoms with E-state index in [9.17, 15) is 9.90 Å². The van der Waals surface area contributed by atoms with Crippen LogP contribution in [0.15, 0.2) is 83.3 Å². The fraction of sp³-hybridized carbons (Fsp3) is 0.111. The summed E-state index contributed by atoms with van der Waals surface area (Å²) in [5.74, 6) is -0.914. The van der Waals surface area contributed by atoms with Crippen molar-refractivity contribution in [3.63, 3.8) is 0 Å². The molecule has 0 amide bonds. The summed E-state index contributed by atoms with van der Waals surface area (Å²) in [6.45, 7) is 1.97. The average Bonchev–Trinajstić information content (AvgIpc) is 2.78. The second-order valence-electron chi connectivity index (χ2n) is 7.99. The molecule has 5 rings (SSSR count). The molecule has 4 aromatic rings. The van der Waals surface area contributed by atoms with Gasteiger partial charge in [-0.05, 0) is 41.0 Å². The zero-order valence-corrected chi connectivity index (χ0v) is 18.9. The van der Waals surface area contributed by atoms with E-state index >= 15 is 0 Å². The van der Waals surface area contributed by atoms with Crippen molar-refractivity contribution in [3.05, 3.63) is 111 Å². The van der Waals surface area contributed by atoms with E-state index < -0.39 is 5.97 Å². The number of fused-ring (bicyclic) bond motifs is 2. The minimum Gasteiger partial charge on any atom is -0.478 e. The highest BCUT2D eigenvalue weighted by molar-refractivity contribution is 9.10. The highest BCUT2D eigenvalue weighted by atomic mass is 79.9. The second-order valence-corrected chi connectivity index (χ2v) is 8.91. The minimum absolute atomic E-state index is 0.350. The number of aromatic carboxylic acids is 1. The Morgan fingerprint density at radius 3 is 2.56 bits per heavy atom. The lowest BCUT2D eigenvalue weighted by Gasteiger charge is -2.31. The first-order chi connectivity index (χ1) is 15.6. The van der Waals surface area contributed by atoms with Crippen molar-refractivity contribution in [2.75, 3.05) is 6.54 Å². The predicted molar refractivity (Wildman–Crippen MR) is 131 cm³/mol. The van der Waals surface area contributed by atoms with Crippen LogP contribution in [0.3, 0.4) is 0 Å². The highest BCUT2D eigenvalue weighted by Gasteiger charge is 2.28. The van der Waals surface area contributed by atoms with Gasteiger partial charge in [-0.2, -0.15) is 0 Å². The fourth-order valence-corrected chi connectivity index (χ4v) is 4.79. The molecule has 0 saturated heterocycles. The summed E-state index contributed by atoms with van der Waals surface area (Å²) in [6.07, 6.45) is 2.12. The van der Waals surface area contributed by atoms with Crippen LogP contribution in [0.1, 0.15) is 32.7 Å². The monoisotopic (exact) mass is 484 g/mol. The SMILES string of the molecule is O=C(O)c1c2c(nc3ccccc13)C(=Cc1cccc(Br)c1)CN(Cc1ccccc1)C2. The van der Waals surface area contributed by atoms with Crippen molar-refractivity contribution in [2.45, 2.75) is 13.1 Å². The van der Waals surface area contributed by atoms with Gasteiger partial charge in [0.15, 0.2) is 0 Å². The number of carboxylic acid groups (broad SMARTS) is 1. The Balaban J connectivity index is 1.69. The third kappa shape index (κ3) is 4.09. The molecule has 1 N–H and O–H groups in total. The first kappa shape index (κ1) is 20.6. The molecule has 4 nitrogen and oxygen atoms in total. The van der Waals surface area contributed by atoms with Gasteiger partial charge in [0.25, 0.3) is 0 Å². The van der Waals surface area contributed by atoms with Crippen LogP contribution in [-0.4, -0.2) is 27.5 Å². The smallest absolute Gasteiger partial charge is 0.336 e. The number of hydrogen-bond acceptors (Lipinski definition) is 3. The van der Waals surface area contributed by atoms with Crippen LogP contribution in [0.5, 0.6) is 0 Å². The number of carboxylic acids is 1. The highest BCUT2D eigenvalue weighted by Crippen LogP contribution is 2.34. The summed E-state index contributed by atoms with van der Waals surface area (Å²) >= 11 is 3.55. The number of pyridine rings is 1. The Bertz CT molecular complexity index is 1350. The Kier molecular flexibility index (Phi) is 5.60. The lowest BCUT2D eigenvalue weighted by atomic mass is 9.91. The molecule has 3 aromatic carbocycles. The summed E-state index contributed by atoms with van der Waals surface area (Å²) in [4.78, 5) is 19.6. The first-order valence-corrected chi connectivity index (χ1v) is 11.3. The number of halogens is 1. The van der Waals surface area contributed by atoms with Gasteiger partial charge in [-0.15, -0.1) is 0 Å². The summed E-state index contributed by atoms with van der Waals surface area (Å²) in [7, 11) is 0. The van der Waals surface area contributed by atoms with Gasteiger partial charge in [0.05, 0.1) is 16.8 Å². The molecular formula is C27H21BrN2O2. The lowest BCUT2D eigenvalue weighted by molar-refractivity contribution is 0.0696. The van der Waals surface area contributed by atoms with Crippen molar-refractivity contribution in [1.29, 1.82) is 0 Å². The number of benzene rings is 3. The fourth-order valence-electron chi connectivity index (χ4n) is 4.38. The van der Waals surface area contributed by atoms with Gasteiger partial charge in [0.2, 0.25) is 0 Å². The number of rotatable bonds is 4. The van der Waals surface area contributed by atoms with Gasteiger partial charge < -0.3 is 5.11 Å². The number of aromatic nitrogens is 1. The van der Waals surface area contributed by atoms with Gasteiger partial charge in [0.1, 0.15) is 0 Å². The van der Waals surface area contributed by atoms with E-state index in [4.69, 9.17) is 4.98 Å². The topological polar surface area (TPSA) is 53.4 Å². The molecule has 5 heteroatoms. The van der Waals surface area contributed by atoms with Crippen LogP contribution in [0.4, 0.5) is 0 Å². The molecular weight excluding hydrogens is 464 g/mol. The van der Waals surface area contributed by atoms with E-state index in [0.29, 0.717) is 29.6 Å². The Morgan fingerprint density at radius 1 is 1.00 bits per heavy atom. The van der Waals surface area contributed by atoms with Crippen molar-refractivity contribution in [1.82, 2.24) is 9.88 Å². The number of carbonyl (C=O) groups is 1. The third-order valence-corrected chi connectivity index (χ3v) is 6.22. The summed E-state index contributed by atoms with van der Waals surface area (Å²) in [6, 6.07) is 25.9. The molecule has 1 aliphatic heterocycles. The molecule has 0 atom stereocenters. The molecule has 2 heterocycles. The number of para-hydroxylation sites is 1. The van der Waals surface area contributed by atoms with E-state index in [1.165, 1.54) is 5.56 Å². The zero-order valence-electron chi connectivity index (χ0n) is 17.3. The maximum absolute atomic E-state index is 12.4. The predicted octanol–water partition coefficient (Wildman–Crippen LogP) is 6.25. The second kappa shape index (κ2) is 8.69. The normalized spacial score (nSPS) is 15.1. The molecule has 1 aromatic heterocycles. The molecule has 158 valence electrons. The zero-order chi connectivity index (χ0) is 22.1. The maximum Gasteiger partial charge on any atom is 0.336 e. The van der Waals surface area contributed by atoms with Crippen molar-refractivity contribution < 1.29 is 9.90 Å². The molecule has 0 unspecified atom stereocenters. The Labute approximate surface area is 195 Å². The van der Waals surface area contributed by atoms with E-state index in [1.54, 1.807) is 0 Å². The van der Waals surface area contributed by atoms with Gasteiger partial charge in [-0.3, -0.25) is 4.90 Å². The van der Waals surface area contributed by atoms with Crippen molar-refractivity contribution >= 4 is 44.5 Å². The van der Waals surface area contributed by atoms with Crippen LogP contribution in [0.2, 0.25) is 0 Å². The van der Waals surface area contributed by atoms with Crippen molar-refractivity contribution in [2.24, 2.45) is 0 Å². The maximum atomic E-state index is 12.4. The summed E-state index contributed by atoms with van der Waals surface area (Å²) in [5.41, 5.74) is 5.89. The van der Waals surface area contributed by atoms with Gasteiger partial charge in [0, 0.05) is 35.1 Å². The van der Waals surface area contributed by atoms with Crippen LogP contribution in [0, 0.1) is 0 Å². The molecule has 0 spiro atoms. The summed E-state index contributed by atoms with van der Waals surface area (Å²) in [5, 5.41) is 10.8. The van der Waals surface area contributed by atoms with Crippen LogP contribution >= 0.6 is 15.9 Å². The Hall–Kier alpha value is -3.28. The largest absolute Gasteiger partial charge is 0.478 e. The van der Waals surface area contributed by atoms with Crippen LogP contribution in [-0.2, 0) is 13.1 Å². The minimum atomic E-state index is -0.914. The van der Waals surface area contributed by atoms with E-state index in [1.807, 2.05) is 60.7 Å². The molecule has 0 radical (unpaired) electrons. The molecule has 0 saturated carbocycles. The average molecular weight is 485 g/mol. The van der Waals surface area contributed by atoms with E-state index in [-0.39, 0.29) is 0 Å². The third-order valence-electron chi connectivity index (χ3n) is 5.73. The van der Waals surface area contributed by atoms with Gasteiger partial charge in [-0.1, -0.05) is 76.6 Å². The number of nitrogens with zero attached hydrogens (tertiary/aromatic N) is 2. The standard InChI is InChI=1S/C27H21BrN2O2/c28-21-10-6-9-19(14-21)13-20-16-30(15-18-7-2-1-3-8-18)17-23-25(27(31)32)22-11-4-5-12-24(22)29-26(20)23/h1-14H,15-17H2,(H,31,32). The summed E-state index contributed by atoms with van der Waals surface area (Å²) < 4.78 is 1.00. The Morgan fingerprint density at radius 2 is 1.78 bits per heavy atom.